The first-order chi connectivity index (χ1) is 7.97. The van der Waals surface area contributed by atoms with Gasteiger partial charge in [-0.2, -0.15) is 0 Å². The van der Waals surface area contributed by atoms with Crippen LogP contribution in [0.15, 0.2) is 49.1 Å². The summed E-state index contributed by atoms with van der Waals surface area (Å²) in [6, 6.07) is 8.63. The third-order valence-electron chi connectivity index (χ3n) is 2.48. The van der Waals surface area contributed by atoms with E-state index in [2.05, 4.69) is 39.6 Å². The molecule has 1 aliphatic rings. The van der Waals surface area contributed by atoms with Gasteiger partial charge in [0.1, 0.15) is 0 Å². The summed E-state index contributed by atoms with van der Waals surface area (Å²) < 4.78 is 0. The van der Waals surface area contributed by atoms with E-state index in [0.717, 1.165) is 13.1 Å². The van der Waals surface area contributed by atoms with Crippen molar-refractivity contribution in [3.8, 4) is 0 Å². The fraction of sp³-hybridized carbons (Fsp3) is 0.231. The molecule has 0 saturated heterocycles. The smallest absolute Gasteiger partial charge is 0.0451 e. The van der Waals surface area contributed by atoms with Crippen LogP contribution < -0.4 is 5.32 Å². The molecule has 0 spiro atoms. The predicted octanol–water partition coefficient (Wildman–Crippen LogP) is 1.81. The largest absolute Gasteiger partial charge is 0.312 e. The molecule has 82 valence electrons. The third-order valence-corrected chi connectivity index (χ3v) is 2.48. The van der Waals surface area contributed by atoms with E-state index in [4.69, 9.17) is 0 Å². The molecule has 0 radical (unpaired) electrons. The molecule has 0 fully saturated rings. The molecule has 1 aromatic carbocycles. The van der Waals surface area contributed by atoms with Crippen molar-refractivity contribution in [3.63, 3.8) is 0 Å². The molecule has 3 rings (SSSR count). The minimum absolute atomic E-state index is 1.05. The molecule has 0 unspecified atom stereocenters. The van der Waals surface area contributed by atoms with E-state index < -0.39 is 0 Å². The molecule has 2 aromatic rings. The summed E-state index contributed by atoms with van der Waals surface area (Å²) in [5.41, 5.74) is 2.98. The topological polar surface area (TPSA) is 37.8 Å². The van der Waals surface area contributed by atoms with Crippen molar-refractivity contribution >= 4 is 0 Å². The van der Waals surface area contributed by atoms with Crippen molar-refractivity contribution in [1.29, 1.82) is 0 Å². The standard InChI is InChI=1S/C9H11N.C4H4N2/c1-2-4-9-7-10-6-5-8(9)3-1;1-2-6-4-3-5-1/h1-4,10H,5-7H2;1-4H. The minimum atomic E-state index is 1.05. The molecule has 0 amide bonds. The molecule has 16 heavy (non-hydrogen) atoms. The summed E-state index contributed by atoms with van der Waals surface area (Å²) in [7, 11) is 0. The van der Waals surface area contributed by atoms with Crippen molar-refractivity contribution in [2.45, 2.75) is 13.0 Å². The lowest BCUT2D eigenvalue weighted by atomic mass is 10.0. The Hall–Kier alpha value is -1.74. The van der Waals surface area contributed by atoms with Gasteiger partial charge in [-0.15, -0.1) is 0 Å². The van der Waals surface area contributed by atoms with E-state index in [1.807, 2.05) is 0 Å². The van der Waals surface area contributed by atoms with Gasteiger partial charge in [-0.25, -0.2) is 0 Å². The number of benzene rings is 1. The molecule has 1 N–H and O–H groups in total. The van der Waals surface area contributed by atoms with Gasteiger partial charge in [0.05, 0.1) is 0 Å². The average molecular weight is 213 g/mol. The van der Waals surface area contributed by atoms with Crippen LogP contribution in [-0.4, -0.2) is 16.5 Å². The first-order valence-electron chi connectivity index (χ1n) is 5.44. The lowest BCUT2D eigenvalue weighted by molar-refractivity contribution is 0.644. The van der Waals surface area contributed by atoms with Gasteiger partial charge < -0.3 is 5.32 Å². The second kappa shape index (κ2) is 5.98. The van der Waals surface area contributed by atoms with E-state index in [-0.39, 0.29) is 0 Å². The fourth-order valence-corrected chi connectivity index (χ4v) is 1.67. The van der Waals surface area contributed by atoms with Crippen molar-refractivity contribution in [2.75, 3.05) is 6.54 Å². The van der Waals surface area contributed by atoms with Gasteiger partial charge >= 0.3 is 0 Å². The minimum Gasteiger partial charge on any atom is -0.312 e. The predicted molar refractivity (Wildman–Crippen MR) is 63.9 cm³/mol. The van der Waals surface area contributed by atoms with E-state index in [1.165, 1.54) is 17.5 Å². The molecule has 1 aliphatic heterocycles. The van der Waals surface area contributed by atoms with Gasteiger partial charge in [-0.1, -0.05) is 24.3 Å². The Kier molecular flexibility index (Phi) is 4.02. The quantitative estimate of drug-likeness (QED) is 0.725. The summed E-state index contributed by atoms with van der Waals surface area (Å²) in [6.45, 7) is 2.19. The molecule has 0 bridgehead atoms. The zero-order chi connectivity index (χ0) is 11.1. The molecule has 0 saturated carbocycles. The van der Waals surface area contributed by atoms with E-state index in [9.17, 15) is 0 Å². The molecular formula is C13H15N3. The van der Waals surface area contributed by atoms with Crippen molar-refractivity contribution in [1.82, 2.24) is 15.3 Å². The van der Waals surface area contributed by atoms with Crippen LogP contribution in [0.25, 0.3) is 0 Å². The summed E-state index contributed by atoms with van der Waals surface area (Å²) in [5, 5.41) is 3.34. The number of hydrogen-bond donors (Lipinski definition) is 1. The molecule has 0 aliphatic carbocycles. The number of nitrogens with zero attached hydrogens (tertiary/aromatic N) is 2. The van der Waals surface area contributed by atoms with Crippen LogP contribution >= 0.6 is 0 Å². The van der Waals surface area contributed by atoms with Crippen LogP contribution in [0.4, 0.5) is 0 Å². The SMILES string of the molecule is c1ccc2c(c1)CCNC2.c1cnccn1. The summed E-state index contributed by atoms with van der Waals surface area (Å²) in [4.78, 5) is 7.44. The third kappa shape index (κ3) is 3.14. The Balaban J connectivity index is 0.000000138. The maximum atomic E-state index is 3.72. The van der Waals surface area contributed by atoms with Gasteiger partial charge in [0, 0.05) is 31.3 Å². The average Bonchev–Trinajstić information content (AvgIpc) is 2.42. The number of rotatable bonds is 0. The number of aromatic nitrogens is 2. The van der Waals surface area contributed by atoms with Crippen LogP contribution in [0.1, 0.15) is 11.1 Å². The fourth-order valence-electron chi connectivity index (χ4n) is 1.67. The Morgan fingerprint density at radius 3 is 2.06 bits per heavy atom. The highest BCUT2D eigenvalue weighted by Crippen LogP contribution is 2.11. The van der Waals surface area contributed by atoms with Crippen LogP contribution in [0.2, 0.25) is 0 Å². The molecule has 2 heterocycles. The summed E-state index contributed by atoms with van der Waals surface area (Å²) in [5.74, 6) is 0. The monoisotopic (exact) mass is 213 g/mol. The lowest BCUT2D eigenvalue weighted by Crippen LogP contribution is -2.23. The van der Waals surface area contributed by atoms with Crippen molar-refractivity contribution in [3.05, 3.63) is 60.2 Å². The van der Waals surface area contributed by atoms with E-state index >= 15 is 0 Å². The van der Waals surface area contributed by atoms with Crippen molar-refractivity contribution < 1.29 is 0 Å². The number of fused-ring (bicyclic) bond motifs is 1. The first-order valence-corrected chi connectivity index (χ1v) is 5.44. The van der Waals surface area contributed by atoms with Crippen LogP contribution in [0.5, 0.6) is 0 Å². The molecule has 3 heteroatoms. The second-order valence-electron chi connectivity index (χ2n) is 3.59. The first kappa shape index (κ1) is 10.8. The second-order valence-corrected chi connectivity index (χ2v) is 3.59. The van der Waals surface area contributed by atoms with Crippen molar-refractivity contribution in [2.24, 2.45) is 0 Å². The van der Waals surface area contributed by atoms with E-state index in [0.29, 0.717) is 0 Å². The van der Waals surface area contributed by atoms with Crippen LogP contribution in [0.3, 0.4) is 0 Å². The summed E-state index contributed by atoms with van der Waals surface area (Å²) >= 11 is 0. The van der Waals surface area contributed by atoms with Gasteiger partial charge in [-0.05, 0) is 24.1 Å². The van der Waals surface area contributed by atoms with Gasteiger partial charge in [-0.3, -0.25) is 9.97 Å². The summed E-state index contributed by atoms with van der Waals surface area (Å²) in [6.07, 6.45) is 7.75. The normalized spacial score (nSPS) is 13.2. The van der Waals surface area contributed by atoms with E-state index in [1.54, 1.807) is 24.8 Å². The Morgan fingerprint density at radius 1 is 0.875 bits per heavy atom. The molecule has 1 aromatic heterocycles. The Bertz CT molecular complexity index is 363. The molecule has 0 atom stereocenters. The lowest BCUT2D eigenvalue weighted by Gasteiger charge is -2.15. The highest BCUT2D eigenvalue weighted by Gasteiger charge is 2.05. The molecule has 3 nitrogen and oxygen atoms in total. The van der Waals surface area contributed by atoms with Crippen LogP contribution in [-0.2, 0) is 13.0 Å². The Labute approximate surface area is 95.6 Å². The number of nitrogens with one attached hydrogen (secondary N) is 1. The van der Waals surface area contributed by atoms with Crippen LogP contribution in [0, 0.1) is 0 Å². The Morgan fingerprint density at radius 2 is 1.50 bits per heavy atom. The zero-order valence-electron chi connectivity index (χ0n) is 9.13. The van der Waals surface area contributed by atoms with Gasteiger partial charge in [0.2, 0.25) is 0 Å². The maximum absolute atomic E-state index is 3.72. The van der Waals surface area contributed by atoms with Gasteiger partial charge in [0.25, 0.3) is 0 Å². The maximum Gasteiger partial charge on any atom is 0.0451 e. The zero-order valence-corrected chi connectivity index (χ0v) is 9.13. The number of hydrogen-bond acceptors (Lipinski definition) is 3. The molecular weight excluding hydrogens is 198 g/mol. The highest BCUT2D eigenvalue weighted by molar-refractivity contribution is 5.28. The highest BCUT2D eigenvalue weighted by atomic mass is 14.9. The van der Waals surface area contributed by atoms with Gasteiger partial charge in [0.15, 0.2) is 0 Å².